The minimum atomic E-state index is -2.57. The van der Waals surface area contributed by atoms with Crippen LogP contribution < -0.4 is 16.4 Å². The molecule has 0 fully saturated rings. The molecule has 0 saturated heterocycles. The monoisotopic (exact) mass is 549 g/mol. The summed E-state index contributed by atoms with van der Waals surface area (Å²) in [6.07, 6.45) is 0.501. The van der Waals surface area contributed by atoms with Crippen molar-refractivity contribution in [2.45, 2.75) is 37.2 Å². The SMILES string of the molecule is CCc1cc2ccc1CCOC(=O)Nc1ccc(S(=O)[O-])c(c1)CN(C)C(=O)[C@@H]2Nc1cccc(C(N)=O)c1. The molecule has 0 aromatic heterocycles. The highest BCUT2D eigenvalue weighted by Gasteiger charge is 2.26. The van der Waals surface area contributed by atoms with Crippen molar-refractivity contribution in [3.8, 4) is 0 Å². The Morgan fingerprint density at radius 3 is 2.67 bits per heavy atom. The van der Waals surface area contributed by atoms with Crippen molar-refractivity contribution in [1.29, 1.82) is 0 Å². The Kier molecular flexibility index (Phi) is 8.62. The van der Waals surface area contributed by atoms with Gasteiger partial charge in [-0.2, -0.15) is 0 Å². The number of fused-ring (bicyclic) bond motifs is 9. The molecule has 4 bridgehead atoms. The first kappa shape index (κ1) is 27.8. The first-order chi connectivity index (χ1) is 18.7. The van der Waals surface area contributed by atoms with Crippen LogP contribution in [-0.2, 0) is 40.0 Å². The molecule has 4 N–H and O–H groups in total. The van der Waals surface area contributed by atoms with Crippen LogP contribution in [0.4, 0.5) is 16.2 Å². The molecule has 0 aliphatic carbocycles. The molecule has 2 aliphatic heterocycles. The van der Waals surface area contributed by atoms with Crippen LogP contribution in [0.25, 0.3) is 0 Å². The van der Waals surface area contributed by atoms with Crippen LogP contribution in [0.15, 0.2) is 65.6 Å². The van der Waals surface area contributed by atoms with Crippen LogP contribution in [0, 0.1) is 0 Å². The van der Waals surface area contributed by atoms with Gasteiger partial charge in [-0.3, -0.25) is 19.1 Å². The number of nitrogens with zero attached hydrogens (tertiary/aromatic N) is 1. The Morgan fingerprint density at radius 1 is 1.15 bits per heavy atom. The van der Waals surface area contributed by atoms with Crippen LogP contribution in [0.5, 0.6) is 0 Å². The molecule has 204 valence electrons. The van der Waals surface area contributed by atoms with Crippen LogP contribution in [0.2, 0.25) is 0 Å². The molecule has 1 unspecified atom stereocenters. The second kappa shape index (κ2) is 12.1. The zero-order valence-electron chi connectivity index (χ0n) is 21.6. The highest BCUT2D eigenvalue weighted by molar-refractivity contribution is 7.79. The second-order valence-electron chi connectivity index (χ2n) is 9.17. The maximum Gasteiger partial charge on any atom is 0.411 e. The van der Waals surface area contributed by atoms with Crippen molar-refractivity contribution in [1.82, 2.24) is 4.90 Å². The standard InChI is InChI=1S/C28H30N4O6S/c1-3-17-13-19-8-7-18(17)11-12-38-28(35)31-23-9-10-24(39(36)37)21(15-23)16-32(2)27(34)25(19)30-22-6-4-5-20(14-22)26(29)33/h4-10,13-15,25,30H,3,11-12,16H2,1-2H3,(H2,29,33)(H,31,35)(H,36,37)/p-1/t25-/m1/s1. The van der Waals surface area contributed by atoms with Gasteiger partial charge in [-0.25, -0.2) is 4.79 Å². The Balaban J connectivity index is 1.79. The number of carbonyl (C=O) groups excluding carboxylic acids is 3. The fourth-order valence-corrected chi connectivity index (χ4v) is 5.04. The summed E-state index contributed by atoms with van der Waals surface area (Å²) in [5.74, 6) is -0.924. The molecule has 39 heavy (non-hydrogen) atoms. The van der Waals surface area contributed by atoms with Gasteiger partial charge in [0.2, 0.25) is 11.8 Å². The van der Waals surface area contributed by atoms with Crippen molar-refractivity contribution in [2.75, 3.05) is 24.3 Å². The number of hydrogen-bond donors (Lipinski definition) is 3. The summed E-state index contributed by atoms with van der Waals surface area (Å²) in [7, 11) is 1.57. The molecular formula is C28H29N4O6S-. The summed E-state index contributed by atoms with van der Waals surface area (Å²) >= 11 is -2.57. The van der Waals surface area contributed by atoms with Gasteiger partial charge in [-0.1, -0.05) is 31.2 Å². The van der Waals surface area contributed by atoms with E-state index >= 15 is 0 Å². The van der Waals surface area contributed by atoms with Gasteiger partial charge in [0.1, 0.15) is 6.04 Å². The minimum Gasteiger partial charge on any atom is -0.768 e. The molecule has 0 saturated carbocycles. The topological polar surface area (TPSA) is 154 Å². The van der Waals surface area contributed by atoms with Crippen molar-refractivity contribution >= 4 is 40.4 Å². The lowest BCUT2D eigenvalue weighted by Gasteiger charge is -2.28. The maximum atomic E-state index is 13.9. The summed E-state index contributed by atoms with van der Waals surface area (Å²) in [4.78, 5) is 39.4. The number of rotatable bonds is 5. The third kappa shape index (κ3) is 6.62. The maximum absolute atomic E-state index is 13.9. The number of nitrogens with two attached hydrogens (primary N) is 1. The van der Waals surface area contributed by atoms with Gasteiger partial charge < -0.3 is 25.2 Å². The molecule has 10 nitrogen and oxygen atoms in total. The molecule has 2 atom stereocenters. The van der Waals surface area contributed by atoms with Crippen molar-refractivity contribution < 1.29 is 27.9 Å². The molecular weight excluding hydrogens is 520 g/mol. The zero-order valence-corrected chi connectivity index (χ0v) is 22.4. The van der Waals surface area contributed by atoms with E-state index in [-0.39, 0.29) is 24.0 Å². The fourth-order valence-electron chi connectivity index (χ4n) is 4.52. The van der Waals surface area contributed by atoms with E-state index in [4.69, 9.17) is 10.5 Å². The average molecular weight is 550 g/mol. The third-order valence-electron chi connectivity index (χ3n) is 6.52. The number of primary amides is 1. The van der Waals surface area contributed by atoms with Crippen molar-refractivity contribution in [3.63, 3.8) is 0 Å². The number of ether oxygens (including phenoxy) is 1. The van der Waals surface area contributed by atoms with Crippen LogP contribution in [-0.4, -0.2) is 45.2 Å². The van der Waals surface area contributed by atoms with E-state index in [1.165, 1.54) is 23.1 Å². The molecule has 3 amide bonds. The van der Waals surface area contributed by atoms with Gasteiger partial charge in [-0.15, -0.1) is 0 Å². The first-order valence-corrected chi connectivity index (χ1v) is 13.4. The molecule has 2 aliphatic rings. The van der Waals surface area contributed by atoms with Crippen LogP contribution >= 0.6 is 0 Å². The summed E-state index contributed by atoms with van der Waals surface area (Å²) < 4.78 is 29.2. The lowest BCUT2D eigenvalue weighted by Crippen LogP contribution is -2.35. The van der Waals surface area contributed by atoms with E-state index in [0.717, 1.165) is 11.1 Å². The highest BCUT2D eigenvalue weighted by atomic mass is 32.2. The third-order valence-corrected chi connectivity index (χ3v) is 7.28. The van der Waals surface area contributed by atoms with Gasteiger partial charge in [-0.05, 0) is 76.2 Å². The number of benzene rings is 3. The fraction of sp³-hybridized carbons (Fsp3) is 0.250. The molecule has 0 spiro atoms. The number of nitrogens with one attached hydrogen (secondary N) is 2. The van der Waals surface area contributed by atoms with Crippen molar-refractivity contribution in [3.05, 3.63) is 88.5 Å². The molecule has 0 radical (unpaired) electrons. The van der Waals surface area contributed by atoms with Gasteiger partial charge in [0.15, 0.2) is 0 Å². The van der Waals surface area contributed by atoms with Crippen molar-refractivity contribution in [2.24, 2.45) is 5.73 Å². The summed E-state index contributed by atoms with van der Waals surface area (Å²) in [6, 6.07) is 15.7. The Labute approximate surface area is 228 Å². The number of carbonyl (C=O) groups is 3. The summed E-state index contributed by atoms with van der Waals surface area (Å²) in [6.45, 7) is 2.08. The average Bonchev–Trinajstić information content (AvgIpc) is 2.91. The largest absolute Gasteiger partial charge is 0.768 e. The van der Waals surface area contributed by atoms with Crippen LogP contribution in [0.3, 0.4) is 0 Å². The quantitative estimate of drug-likeness (QED) is 0.412. The number of hydrogen-bond acceptors (Lipinski definition) is 7. The Bertz CT molecular complexity index is 1440. The normalized spacial score (nSPS) is 16.8. The molecule has 3 aromatic carbocycles. The van der Waals surface area contributed by atoms with E-state index in [0.29, 0.717) is 40.9 Å². The van der Waals surface area contributed by atoms with E-state index < -0.39 is 29.1 Å². The predicted octanol–water partition coefficient (Wildman–Crippen LogP) is 3.50. The van der Waals surface area contributed by atoms with Gasteiger partial charge >= 0.3 is 6.09 Å². The van der Waals surface area contributed by atoms with Gasteiger partial charge in [0, 0.05) is 41.8 Å². The van der Waals surface area contributed by atoms with E-state index in [1.54, 1.807) is 31.3 Å². The number of amides is 3. The Hall–Kier alpha value is -4.22. The van der Waals surface area contributed by atoms with E-state index in [9.17, 15) is 23.1 Å². The Morgan fingerprint density at radius 2 is 1.95 bits per heavy atom. The summed E-state index contributed by atoms with van der Waals surface area (Å²) in [5, 5.41) is 5.85. The van der Waals surface area contributed by atoms with Gasteiger partial charge in [0.05, 0.1) is 6.61 Å². The molecule has 2 heterocycles. The first-order valence-electron chi connectivity index (χ1n) is 12.3. The number of aryl methyl sites for hydroxylation is 1. The van der Waals surface area contributed by atoms with E-state index in [2.05, 4.69) is 10.6 Å². The number of likely N-dealkylation sites (N-methyl/N-ethyl adjacent to an activating group) is 1. The predicted molar refractivity (Wildman–Crippen MR) is 146 cm³/mol. The second-order valence-corrected chi connectivity index (χ2v) is 10.1. The van der Waals surface area contributed by atoms with Gasteiger partial charge in [0.25, 0.3) is 0 Å². The molecule has 11 heteroatoms. The number of anilines is 2. The highest BCUT2D eigenvalue weighted by Crippen LogP contribution is 2.27. The molecule has 3 aromatic rings. The van der Waals surface area contributed by atoms with E-state index in [1.807, 2.05) is 25.1 Å². The minimum absolute atomic E-state index is 0.00553. The lowest BCUT2D eigenvalue weighted by atomic mass is 9.95. The lowest BCUT2D eigenvalue weighted by molar-refractivity contribution is -0.131. The summed E-state index contributed by atoms with van der Waals surface area (Å²) in [5.41, 5.74) is 9.59. The molecule has 5 rings (SSSR count). The zero-order chi connectivity index (χ0) is 28.1. The smallest absolute Gasteiger partial charge is 0.411 e. The van der Waals surface area contributed by atoms with Crippen LogP contribution in [0.1, 0.15) is 45.6 Å².